The van der Waals surface area contributed by atoms with E-state index in [0.717, 1.165) is 15.5 Å². The van der Waals surface area contributed by atoms with E-state index in [1.54, 1.807) is 23.5 Å². The second-order valence-electron chi connectivity index (χ2n) is 3.54. The van der Waals surface area contributed by atoms with Gasteiger partial charge in [-0.1, -0.05) is 18.2 Å². The molecular formula is C12H14N2OS2. The molecule has 1 fully saturated rings. The number of hydrazine groups is 1. The number of rotatable bonds is 3. The Labute approximate surface area is 110 Å². The van der Waals surface area contributed by atoms with Crippen LogP contribution >= 0.6 is 23.5 Å². The first kappa shape index (κ1) is 12.4. The van der Waals surface area contributed by atoms with E-state index in [2.05, 4.69) is 5.43 Å². The zero-order valence-corrected chi connectivity index (χ0v) is 11.4. The Morgan fingerprint density at radius 2 is 1.88 bits per heavy atom. The van der Waals surface area contributed by atoms with Gasteiger partial charge in [0.15, 0.2) is 0 Å². The van der Waals surface area contributed by atoms with Crippen LogP contribution in [0.15, 0.2) is 40.1 Å². The van der Waals surface area contributed by atoms with Crippen molar-refractivity contribution in [2.75, 3.05) is 24.1 Å². The van der Waals surface area contributed by atoms with Gasteiger partial charge in [0.2, 0.25) is 0 Å². The van der Waals surface area contributed by atoms with E-state index in [4.69, 9.17) is 0 Å². The van der Waals surface area contributed by atoms with Crippen LogP contribution in [0.2, 0.25) is 0 Å². The van der Waals surface area contributed by atoms with E-state index >= 15 is 0 Å². The first-order valence-corrected chi connectivity index (χ1v) is 7.66. The van der Waals surface area contributed by atoms with Gasteiger partial charge in [0.1, 0.15) is 0 Å². The number of nitrogens with zero attached hydrogens (tertiary/aromatic N) is 1. The summed E-state index contributed by atoms with van der Waals surface area (Å²) in [5, 5.41) is 1.88. The molecule has 17 heavy (non-hydrogen) atoms. The lowest BCUT2D eigenvalue weighted by molar-refractivity contribution is -0.116. The van der Waals surface area contributed by atoms with Gasteiger partial charge in [0.05, 0.1) is 22.0 Å². The zero-order chi connectivity index (χ0) is 12.3. The molecule has 1 aliphatic rings. The molecule has 1 amide bonds. The molecule has 1 heterocycles. The van der Waals surface area contributed by atoms with Crippen molar-refractivity contribution < 1.29 is 4.79 Å². The van der Waals surface area contributed by atoms with Gasteiger partial charge in [-0.05, 0) is 24.6 Å². The molecule has 0 unspecified atom stereocenters. The molecule has 3 nitrogen and oxygen atoms in total. The lowest BCUT2D eigenvalue weighted by Crippen LogP contribution is -2.32. The number of carbonyl (C=O) groups excluding carboxylic acids is 1. The van der Waals surface area contributed by atoms with E-state index in [1.165, 1.54) is 0 Å². The Morgan fingerprint density at radius 1 is 1.24 bits per heavy atom. The number of hydrogen-bond acceptors (Lipinski definition) is 4. The lowest BCUT2D eigenvalue weighted by Gasteiger charge is -2.16. The van der Waals surface area contributed by atoms with Gasteiger partial charge < -0.3 is 0 Å². The third-order valence-electron chi connectivity index (χ3n) is 2.51. The summed E-state index contributed by atoms with van der Waals surface area (Å²) in [6.07, 6.45) is 3.99. The highest BCUT2D eigenvalue weighted by atomic mass is 32.2. The molecule has 1 N–H and O–H groups in total. The van der Waals surface area contributed by atoms with Crippen LogP contribution in [0.3, 0.4) is 0 Å². The fraction of sp³-hybridized carbons (Fsp3) is 0.250. The van der Waals surface area contributed by atoms with Gasteiger partial charge >= 0.3 is 0 Å². The fourth-order valence-electron chi connectivity index (χ4n) is 1.71. The normalized spacial score (nSPS) is 15.1. The Morgan fingerprint density at radius 3 is 2.47 bits per heavy atom. The van der Waals surface area contributed by atoms with E-state index in [0.29, 0.717) is 6.54 Å². The van der Waals surface area contributed by atoms with Gasteiger partial charge in [0.25, 0.3) is 5.91 Å². The van der Waals surface area contributed by atoms with Crippen LogP contribution < -0.4 is 10.4 Å². The maximum atomic E-state index is 11.9. The monoisotopic (exact) mass is 266 g/mol. The van der Waals surface area contributed by atoms with Crippen molar-refractivity contribution >= 4 is 35.1 Å². The van der Waals surface area contributed by atoms with Gasteiger partial charge in [0, 0.05) is 0 Å². The standard InChI is InChI=1S/C12H14N2OS2/c1-16-12(17-2)10-8-14(13-11(10)15)9-6-4-3-5-7-9/h3-7H,8H2,1-2H3,(H,13,15). The summed E-state index contributed by atoms with van der Waals surface area (Å²) in [6.45, 7) is 0.625. The molecular weight excluding hydrogens is 252 g/mol. The van der Waals surface area contributed by atoms with Crippen LogP contribution in [-0.4, -0.2) is 25.0 Å². The molecule has 0 radical (unpaired) electrons. The molecule has 0 spiro atoms. The Kier molecular flexibility index (Phi) is 4.02. The summed E-state index contributed by atoms with van der Waals surface area (Å²) in [7, 11) is 0. The minimum Gasteiger partial charge on any atom is -0.281 e. The number of benzene rings is 1. The molecule has 0 atom stereocenters. The molecule has 0 saturated carbocycles. The summed E-state index contributed by atoms with van der Waals surface area (Å²) in [4.78, 5) is 11.9. The van der Waals surface area contributed by atoms with E-state index < -0.39 is 0 Å². The number of amides is 1. The number of para-hydroxylation sites is 1. The van der Waals surface area contributed by atoms with Crippen molar-refractivity contribution in [3.05, 3.63) is 40.1 Å². The summed E-state index contributed by atoms with van der Waals surface area (Å²) >= 11 is 3.25. The van der Waals surface area contributed by atoms with Gasteiger partial charge in [-0.15, -0.1) is 23.5 Å². The van der Waals surface area contributed by atoms with Crippen LogP contribution in [-0.2, 0) is 4.79 Å². The Balaban J connectivity index is 2.24. The molecule has 0 bridgehead atoms. The average Bonchev–Trinajstić information content (AvgIpc) is 2.75. The molecule has 1 saturated heterocycles. The first-order valence-electron chi connectivity index (χ1n) is 5.21. The van der Waals surface area contributed by atoms with Crippen LogP contribution in [0.25, 0.3) is 0 Å². The molecule has 90 valence electrons. The molecule has 1 aliphatic heterocycles. The maximum absolute atomic E-state index is 11.9. The summed E-state index contributed by atoms with van der Waals surface area (Å²) < 4.78 is 1.08. The first-order chi connectivity index (χ1) is 8.26. The highest BCUT2D eigenvalue weighted by molar-refractivity contribution is 8.21. The number of carbonyl (C=O) groups is 1. The van der Waals surface area contributed by atoms with Crippen molar-refractivity contribution in [2.45, 2.75) is 0 Å². The second-order valence-corrected chi connectivity index (χ2v) is 5.43. The number of hydrogen-bond donors (Lipinski definition) is 1. The topological polar surface area (TPSA) is 32.3 Å². The van der Waals surface area contributed by atoms with Gasteiger partial charge in [-0.25, -0.2) is 0 Å². The highest BCUT2D eigenvalue weighted by Gasteiger charge is 2.27. The summed E-state index contributed by atoms with van der Waals surface area (Å²) in [6, 6.07) is 9.87. The van der Waals surface area contributed by atoms with Crippen molar-refractivity contribution in [1.82, 2.24) is 5.43 Å². The number of thioether (sulfide) groups is 2. The quantitative estimate of drug-likeness (QED) is 0.852. The van der Waals surface area contributed by atoms with Crippen LogP contribution in [0, 0.1) is 0 Å². The summed E-state index contributed by atoms with van der Waals surface area (Å²) in [5.41, 5.74) is 4.75. The van der Waals surface area contributed by atoms with Crippen molar-refractivity contribution in [3.63, 3.8) is 0 Å². The molecule has 1 aromatic rings. The predicted octanol–water partition coefficient (Wildman–Crippen LogP) is 2.48. The van der Waals surface area contributed by atoms with E-state index in [9.17, 15) is 4.79 Å². The maximum Gasteiger partial charge on any atom is 0.269 e. The number of anilines is 1. The van der Waals surface area contributed by atoms with Crippen LogP contribution in [0.1, 0.15) is 0 Å². The second kappa shape index (κ2) is 5.51. The van der Waals surface area contributed by atoms with Gasteiger partial charge in [-0.2, -0.15) is 0 Å². The van der Waals surface area contributed by atoms with E-state index in [-0.39, 0.29) is 5.91 Å². The zero-order valence-electron chi connectivity index (χ0n) is 9.77. The third-order valence-corrected chi connectivity index (χ3v) is 4.75. The fourth-order valence-corrected chi connectivity index (χ4v) is 3.18. The van der Waals surface area contributed by atoms with Crippen LogP contribution in [0.4, 0.5) is 5.69 Å². The SMILES string of the molecule is CSC(SC)=C1CN(c2ccccc2)NC1=O. The van der Waals surface area contributed by atoms with Crippen LogP contribution in [0.5, 0.6) is 0 Å². The van der Waals surface area contributed by atoms with E-state index in [1.807, 2.05) is 47.9 Å². The Bertz CT molecular complexity index is 439. The van der Waals surface area contributed by atoms with Gasteiger partial charge in [-0.3, -0.25) is 15.2 Å². The average molecular weight is 266 g/mol. The summed E-state index contributed by atoms with van der Waals surface area (Å²) in [5.74, 6) is 0.00699. The molecule has 5 heteroatoms. The highest BCUT2D eigenvalue weighted by Crippen LogP contribution is 2.30. The minimum absolute atomic E-state index is 0.00699. The minimum atomic E-state index is 0.00699. The molecule has 0 aromatic heterocycles. The number of nitrogens with one attached hydrogen (secondary N) is 1. The molecule has 0 aliphatic carbocycles. The van der Waals surface area contributed by atoms with Crippen molar-refractivity contribution in [3.8, 4) is 0 Å². The predicted molar refractivity (Wildman–Crippen MR) is 76.0 cm³/mol. The van der Waals surface area contributed by atoms with Crippen molar-refractivity contribution in [1.29, 1.82) is 0 Å². The Hall–Kier alpha value is -1.07. The molecule has 1 aromatic carbocycles. The largest absolute Gasteiger partial charge is 0.281 e. The smallest absolute Gasteiger partial charge is 0.269 e. The third kappa shape index (κ3) is 2.61. The lowest BCUT2D eigenvalue weighted by atomic mass is 10.3. The molecule has 2 rings (SSSR count). The van der Waals surface area contributed by atoms with Crippen molar-refractivity contribution in [2.24, 2.45) is 0 Å².